The number of hydrogen-bond acceptors (Lipinski definition) is 3. The van der Waals surface area contributed by atoms with Gasteiger partial charge in [-0.05, 0) is 30.8 Å². The van der Waals surface area contributed by atoms with Crippen molar-refractivity contribution >= 4 is 17.6 Å². The van der Waals surface area contributed by atoms with Crippen molar-refractivity contribution in [1.82, 2.24) is 9.55 Å². The Balaban J connectivity index is 2.27. The van der Waals surface area contributed by atoms with Crippen LogP contribution in [0.5, 0.6) is 0 Å². The standard InChI is InChI=1S/C15H27N3S/c1-11(2)10-18-14(16)13(8-9-19-3)17-15(18)12-6-4-5-7-12/h11-12H,4-10,16H2,1-3H3. The molecule has 1 saturated carbocycles. The number of anilines is 1. The van der Waals surface area contributed by atoms with Gasteiger partial charge in [0.2, 0.25) is 0 Å². The first kappa shape index (κ1) is 14.8. The molecule has 0 aromatic carbocycles. The van der Waals surface area contributed by atoms with E-state index in [-0.39, 0.29) is 0 Å². The highest BCUT2D eigenvalue weighted by Crippen LogP contribution is 2.35. The maximum absolute atomic E-state index is 6.35. The van der Waals surface area contributed by atoms with E-state index in [9.17, 15) is 0 Å². The number of nitrogens with zero attached hydrogens (tertiary/aromatic N) is 2. The molecule has 1 heterocycles. The molecule has 0 aliphatic heterocycles. The van der Waals surface area contributed by atoms with Crippen molar-refractivity contribution < 1.29 is 0 Å². The average molecular weight is 281 g/mol. The topological polar surface area (TPSA) is 43.8 Å². The van der Waals surface area contributed by atoms with E-state index in [1.807, 2.05) is 11.8 Å². The van der Waals surface area contributed by atoms with Gasteiger partial charge in [0.25, 0.3) is 0 Å². The van der Waals surface area contributed by atoms with Gasteiger partial charge in [0, 0.05) is 18.9 Å². The maximum atomic E-state index is 6.35. The number of thioether (sulfide) groups is 1. The van der Waals surface area contributed by atoms with Gasteiger partial charge >= 0.3 is 0 Å². The van der Waals surface area contributed by atoms with Crippen LogP contribution >= 0.6 is 11.8 Å². The fraction of sp³-hybridized carbons (Fsp3) is 0.800. The number of nitrogens with two attached hydrogens (primary N) is 1. The van der Waals surface area contributed by atoms with Crippen molar-refractivity contribution in [2.24, 2.45) is 5.92 Å². The molecule has 0 spiro atoms. The summed E-state index contributed by atoms with van der Waals surface area (Å²) in [5, 5.41) is 0. The Bertz CT molecular complexity index is 406. The summed E-state index contributed by atoms with van der Waals surface area (Å²) in [6.45, 7) is 5.50. The van der Waals surface area contributed by atoms with E-state index in [4.69, 9.17) is 10.7 Å². The summed E-state index contributed by atoms with van der Waals surface area (Å²) in [7, 11) is 0. The van der Waals surface area contributed by atoms with Crippen molar-refractivity contribution in [1.29, 1.82) is 0 Å². The van der Waals surface area contributed by atoms with Gasteiger partial charge < -0.3 is 10.3 Å². The van der Waals surface area contributed by atoms with Crippen LogP contribution in [-0.2, 0) is 13.0 Å². The molecule has 0 bridgehead atoms. The lowest BCUT2D eigenvalue weighted by molar-refractivity contribution is 0.492. The molecule has 0 atom stereocenters. The molecule has 0 amide bonds. The molecule has 3 nitrogen and oxygen atoms in total. The molecule has 1 aromatic heterocycles. The Hall–Kier alpha value is -0.640. The lowest BCUT2D eigenvalue weighted by Crippen LogP contribution is -2.13. The zero-order valence-corrected chi connectivity index (χ0v) is 13.3. The van der Waals surface area contributed by atoms with Crippen molar-refractivity contribution in [3.05, 3.63) is 11.5 Å². The van der Waals surface area contributed by atoms with Gasteiger partial charge in [-0.2, -0.15) is 11.8 Å². The molecule has 1 aromatic rings. The lowest BCUT2D eigenvalue weighted by atomic mass is 10.1. The summed E-state index contributed by atoms with van der Waals surface area (Å²) in [5.41, 5.74) is 7.47. The van der Waals surface area contributed by atoms with Gasteiger partial charge in [-0.15, -0.1) is 0 Å². The first-order chi connectivity index (χ1) is 9.13. The smallest absolute Gasteiger partial charge is 0.126 e. The molecule has 0 unspecified atom stereocenters. The molecule has 2 rings (SSSR count). The van der Waals surface area contributed by atoms with Crippen molar-refractivity contribution in [3.63, 3.8) is 0 Å². The first-order valence-corrected chi connectivity index (χ1v) is 8.86. The van der Waals surface area contributed by atoms with Gasteiger partial charge in [0.1, 0.15) is 11.6 Å². The summed E-state index contributed by atoms with van der Waals surface area (Å²) in [4.78, 5) is 4.91. The van der Waals surface area contributed by atoms with E-state index in [0.29, 0.717) is 11.8 Å². The van der Waals surface area contributed by atoms with Gasteiger partial charge in [0.05, 0.1) is 5.69 Å². The second kappa shape index (κ2) is 6.69. The number of aromatic nitrogens is 2. The summed E-state index contributed by atoms with van der Waals surface area (Å²) in [6.07, 6.45) is 8.41. The Morgan fingerprint density at radius 1 is 1.37 bits per heavy atom. The molecule has 108 valence electrons. The van der Waals surface area contributed by atoms with E-state index < -0.39 is 0 Å². The Labute approximate surface area is 121 Å². The molecule has 19 heavy (non-hydrogen) atoms. The highest BCUT2D eigenvalue weighted by molar-refractivity contribution is 7.98. The molecule has 0 saturated heterocycles. The third kappa shape index (κ3) is 3.47. The van der Waals surface area contributed by atoms with E-state index in [0.717, 1.165) is 30.2 Å². The van der Waals surface area contributed by atoms with E-state index in [1.165, 1.54) is 31.5 Å². The van der Waals surface area contributed by atoms with Crippen molar-refractivity contribution in [3.8, 4) is 0 Å². The molecule has 0 radical (unpaired) electrons. The summed E-state index contributed by atoms with van der Waals surface area (Å²) in [5.74, 6) is 4.55. The normalized spacial score (nSPS) is 16.6. The fourth-order valence-corrected chi connectivity index (χ4v) is 3.37. The third-order valence-corrected chi connectivity index (χ3v) is 4.54. The summed E-state index contributed by atoms with van der Waals surface area (Å²) >= 11 is 1.86. The minimum atomic E-state index is 0.616. The van der Waals surface area contributed by atoms with Crippen LogP contribution in [0.3, 0.4) is 0 Å². The quantitative estimate of drug-likeness (QED) is 0.865. The minimum Gasteiger partial charge on any atom is -0.384 e. The first-order valence-electron chi connectivity index (χ1n) is 7.47. The molecule has 4 heteroatoms. The number of rotatable bonds is 6. The van der Waals surface area contributed by atoms with Gasteiger partial charge in [-0.1, -0.05) is 26.7 Å². The SMILES string of the molecule is CSCCc1nc(C2CCCC2)n(CC(C)C)c1N. The van der Waals surface area contributed by atoms with Crippen LogP contribution in [0.1, 0.15) is 57.0 Å². The zero-order valence-electron chi connectivity index (χ0n) is 12.5. The fourth-order valence-electron chi connectivity index (χ4n) is 2.97. The Morgan fingerprint density at radius 2 is 2.05 bits per heavy atom. The molecular formula is C15H27N3S. The van der Waals surface area contributed by atoms with Crippen LogP contribution in [0.15, 0.2) is 0 Å². The second-order valence-electron chi connectivity index (χ2n) is 6.03. The van der Waals surface area contributed by atoms with Gasteiger partial charge in [-0.3, -0.25) is 0 Å². The van der Waals surface area contributed by atoms with E-state index in [2.05, 4.69) is 24.7 Å². The second-order valence-corrected chi connectivity index (χ2v) is 7.02. The molecule has 1 aliphatic rings. The van der Waals surface area contributed by atoms with Crippen LogP contribution in [0, 0.1) is 5.92 Å². The van der Waals surface area contributed by atoms with E-state index >= 15 is 0 Å². The Morgan fingerprint density at radius 3 is 2.63 bits per heavy atom. The van der Waals surface area contributed by atoms with Gasteiger partial charge in [-0.25, -0.2) is 4.98 Å². The third-order valence-electron chi connectivity index (χ3n) is 3.92. The Kier molecular flexibility index (Phi) is 5.20. The zero-order chi connectivity index (χ0) is 13.8. The predicted molar refractivity (Wildman–Crippen MR) is 84.8 cm³/mol. The van der Waals surface area contributed by atoms with Crippen LogP contribution in [0.25, 0.3) is 0 Å². The lowest BCUT2D eigenvalue weighted by Gasteiger charge is -2.15. The number of nitrogen functional groups attached to an aromatic ring is 1. The van der Waals surface area contributed by atoms with Crippen LogP contribution in [0.2, 0.25) is 0 Å². The summed E-state index contributed by atoms with van der Waals surface area (Å²) in [6, 6.07) is 0. The van der Waals surface area contributed by atoms with Crippen molar-refractivity contribution in [2.45, 2.75) is 58.4 Å². The molecule has 2 N–H and O–H groups in total. The summed E-state index contributed by atoms with van der Waals surface area (Å²) < 4.78 is 2.30. The predicted octanol–water partition coefficient (Wildman–Crippen LogP) is 3.68. The molecule has 1 fully saturated rings. The number of hydrogen-bond donors (Lipinski definition) is 1. The van der Waals surface area contributed by atoms with Crippen LogP contribution in [0.4, 0.5) is 5.82 Å². The van der Waals surface area contributed by atoms with Crippen molar-refractivity contribution in [2.75, 3.05) is 17.7 Å². The van der Waals surface area contributed by atoms with Crippen LogP contribution < -0.4 is 5.73 Å². The van der Waals surface area contributed by atoms with Crippen LogP contribution in [-0.4, -0.2) is 21.6 Å². The maximum Gasteiger partial charge on any atom is 0.126 e. The highest BCUT2D eigenvalue weighted by atomic mass is 32.2. The minimum absolute atomic E-state index is 0.616. The molecule has 1 aliphatic carbocycles. The largest absolute Gasteiger partial charge is 0.384 e. The number of aryl methyl sites for hydroxylation is 1. The molecular weight excluding hydrogens is 254 g/mol. The highest BCUT2D eigenvalue weighted by Gasteiger charge is 2.25. The van der Waals surface area contributed by atoms with Gasteiger partial charge in [0.15, 0.2) is 0 Å². The average Bonchev–Trinajstić information content (AvgIpc) is 2.97. The number of imidazole rings is 1. The van der Waals surface area contributed by atoms with E-state index in [1.54, 1.807) is 0 Å². The monoisotopic (exact) mass is 281 g/mol.